The van der Waals surface area contributed by atoms with E-state index in [4.69, 9.17) is 11.6 Å². The first-order valence-corrected chi connectivity index (χ1v) is 5.16. The lowest BCUT2D eigenvalue weighted by atomic mass is 9.69. The zero-order valence-electron chi connectivity index (χ0n) is 6.56. The predicted octanol–water partition coefficient (Wildman–Crippen LogP) is 3.84. The maximum Gasteiger partial charge on any atom is 0.0931 e. The van der Waals surface area contributed by atoms with Crippen LogP contribution in [0.25, 0.3) is 0 Å². The Kier molecular flexibility index (Phi) is 1.73. The first-order valence-electron chi connectivity index (χ1n) is 3.97. The van der Waals surface area contributed by atoms with E-state index >= 15 is 0 Å². The molecule has 1 heterocycles. The van der Waals surface area contributed by atoms with Crippen LogP contribution in [0.15, 0.2) is 12.1 Å². The van der Waals surface area contributed by atoms with Gasteiger partial charge in [0.25, 0.3) is 0 Å². The summed E-state index contributed by atoms with van der Waals surface area (Å²) in [4.78, 5) is 1.47. The highest BCUT2D eigenvalue weighted by Gasteiger charge is 2.34. The summed E-state index contributed by atoms with van der Waals surface area (Å²) in [5.74, 6) is 0. The van der Waals surface area contributed by atoms with E-state index in [1.807, 2.05) is 6.07 Å². The van der Waals surface area contributed by atoms with Crippen molar-refractivity contribution < 1.29 is 0 Å². The standard InChI is InChI=1S/C9H11ClS/c1-9(5-2-6-9)7-3-4-8(10)11-7/h3-4H,2,5-6H2,1H3. The number of thiophene rings is 1. The molecule has 1 fully saturated rings. The maximum atomic E-state index is 5.87. The van der Waals surface area contributed by atoms with Gasteiger partial charge in [-0.2, -0.15) is 0 Å². The number of hydrogen-bond donors (Lipinski definition) is 0. The van der Waals surface area contributed by atoms with Crippen molar-refractivity contribution in [3.63, 3.8) is 0 Å². The van der Waals surface area contributed by atoms with Crippen LogP contribution < -0.4 is 0 Å². The van der Waals surface area contributed by atoms with Crippen molar-refractivity contribution in [2.24, 2.45) is 0 Å². The van der Waals surface area contributed by atoms with Crippen LogP contribution in [0.3, 0.4) is 0 Å². The van der Waals surface area contributed by atoms with Gasteiger partial charge in [0, 0.05) is 10.3 Å². The molecule has 1 aromatic rings. The topological polar surface area (TPSA) is 0 Å². The second-order valence-corrected chi connectivity index (χ2v) is 5.23. The zero-order valence-corrected chi connectivity index (χ0v) is 8.13. The molecular formula is C9H11ClS. The SMILES string of the molecule is CC1(c2ccc(Cl)s2)CCC1. The molecule has 0 aromatic carbocycles. The van der Waals surface area contributed by atoms with Gasteiger partial charge >= 0.3 is 0 Å². The van der Waals surface area contributed by atoms with Crippen LogP contribution >= 0.6 is 22.9 Å². The molecule has 1 saturated carbocycles. The molecule has 0 saturated heterocycles. The van der Waals surface area contributed by atoms with Crippen LogP contribution in [0.1, 0.15) is 31.1 Å². The molecule has 1 aliphatic carbocycles. The molecular weight excluding hydrogens is 176 g/mol. The van der Waals surface area contributed by atoms with Gasteiger partial charge in [-0.25, -0.2) is 0 Å². The molecule has 0 amide bonds. The molecule has 0 N–H and O–H groups in total. The Morgan fingerprint density at radius 3 is 2.55 bits per heavy atom. The van der Waals surface area contributed by atoms with E-state index in [2.05, 4.69) is 13.0 Å². The normalized spacial score (nSPS) is 21.3. The number of hydrogen-bond acceptors (Lipinski definition) is 1. The van der Waals surface area contributed by atoms with Gasteiger partial charge in [-0.3, -0.25) is 0 Å². The van der Waals surface area contributed by atoms with Crippen molar-refractivity contribution in [1.29, 1.82) is 0 Å². The van der Waals surface area contributed by atoms with Crippen LogP contribution in [0.2, 0.25) is 4.34 Å². The smallest absolute Gasteiger partial charge is 0.0931 e. The summed E-state index contributed by atoms with van der Waals surface area (Å²) in [7, 11) is 0. The van der Waals surface area contributed by atoms with E-state index in [-0.39, 0.29) is 0 Å². The molecule has 1 aliphatic rings. The summed E-state index contributed by atoms with van der Waals surface area (Å²) < 4.78 is 0.924. The van der Waals surface area contributed by atoms with E-state index in [1.165, 1.54) is 24.1 Å². The zero-order chi connectivity index (χ0) is 7.90. The lowest BCUT2D eigenvalue weighted by Gasteiger charge is -2.37. The minimum atomic E-state index is 0.470. The summed E-state index contributed by atoms with van der Waals surface area (Å²) in [5, 5.41) is 0. The van der Waals surface area contributed by atoms with E-state index in [0.717, 1.165) is 4.34 Å². The monoisotopic (exact) mass is 186 g/mol. The van der Waals surface area contributed by atoms with Crippen molar-refractivity contribution in [3.8, 4) is 0 Å². The molecule has 0 bridgehead atoms. The lowest BCUT2D eigenvalue weighted by Crippen LogP contribution is -2.28. The molecule has 2 heteroatoms. The predicted molar refractivity (Wildman–Crippen MR) is 50.5 cm³/mol. The summed E-state index contributed by atoms with van der Waals surface area (Å²) in [6.45, 7) is 2.33. The Balaban J connectivity index is 2.28. The average Bonchev–Trinajstić information content (AvgIpc) is 2.31. The maximum absolute atomic E-state index is 5.87. The summed E-state index contributed by atoms with van der Waals surface area (Å²) >= 11 is 7.60. The fraction of sp³-hybridized carbons (Fsp3) is 0.556. The minimum Gasteiger partial charge on any atom is -0.128 e. The van der Waals surface area contributed by atoms with Crippen LogP contribution in [0.5, 0.6) is 0 Å². The summed E-state index contributed by atoms with van der Waals surface area (Å²) in [5.41, 5.74) is 0.470. The Bertz CT molecular complexity index is 260. The van der Waals surface area contributed by atoms with Crippen molar-refractivity contribution in [2.75, 3.05) is 0 Å². The highest BCUT2D eigenvalue weighted by molar-refractivity contribution is 7.16. The van der Waals surface area contributed by atoms with Crippen molar-refractivity contribution in [2.45, 2.75) is 31.6 Å². The second kappa shape index (κ2) is 2.49. The van der Waals surface area contributed by atoms with E-state index in [0.29, 0.717) is 5.41 Å². The van der Waals surface area contributed by atoms with Gasteiger partial charge in [-0.05, 0) is 25.0 Å². The Hall–Kier alpha value is -0.0100. The third-order valence-electron chi connectivity index (χ3n) is 2.63. The van der Waals surface area contributed by atoms with Gasteiger partial charge in [0.15, 0.2) is 0 Å². The molecule has 0 nitrogen and oxygen atoms in total. The van der Waals surface area contributed by atoms with Crippen LogP contribution in [0, 0.1) is 0 Å². The summed E-state index contributed by atoms with van der Waals surface area (Å²) in [6, 6.07) is 4.18. The molecule has 0 spiro atoms. The minimum absolute atomic E-state index is 0.470. The van der Waals surface area contributed by atoms with Crippen molar-refractivity contribution >= 4 is 22.9 Å². The number of rotatable bonds is 1. The van der Waals surface area contributed by atoms with E-state index in [1.54, 1.807) is 11.3 Å². The van der Waals surface area contributed by atoms with Gasteiger partial charge in [0.2, 0.25) is 0 Å². The molecule has 60 valence electrons. The van der Waals surface area contributed by atoms with Gasteiger partial charge in [-0.1, -0.05) is 24.9 Å². The third-order valence-corrected chi connectivity index (χ3v) is 4.16. The van der Waals surface area contributed by atoms with Gasteiger partial charge in [0.1, 0.15) is 0 Å². The molecule has 0 radical (unpaired) electrons. The van der Waals surface area contributed by atoms with Crippen LogP contribution in [0.4, 0.5) is 0 Å². The lowest BCUT2D eigenvalue weighted by molar-refractivity contribution is 0.278. The summed E-state index contributed by atoms with van der Waals surface area (Å²) in [6.07, 6.45) is 4.06. The fourth-order valence-corrected chi connectivity index (χ4v) is 2.84. The molecule has 1 aromatic heterocycles. The molecule has 11 heavy (non-hydrogen) atoms. The average molecular weight is 187 g/mol. The fourth-order valence-electron chi connectivity index (χ4n) is 1.59. The first kappa shape index (κ1) is 7.63. The molecule has 2 rings (SSSR count). The van der Waals surface area contributed by atoms with Crippen molar-refractivity contribution in [3.05, 3.63) is 21.3 Å². The van der Waals surface area contributed by atoms with Crippen LogP contribution in [-0.2, 0) is 5.41 Å². The van der Waals surface area contributed by atoms with Gasteiger partial charge < -0.3 is 0 Å². The Morgan fingerprint density at radius 1 is 1.45 bits per heavy atom. The Morgan fingerprint density at radius 2 is 2.18 bits per heavy atom. The highest BCUT2D eigenvalue weighted by Crippen LogP contribution is 2.46. The van der Waals surface area contributed by atoms with Gasteiger partial charge in [0.05, 0.1) is 4.34 Å². The van der Waals surface area contributed by atoms with Crippen molar-refractivity contribution in [1.82, 2.24) is 0 Å². The largest absolute Gasteiger partial charge is 0.128 e. The Labute approximate surface area is 76.2 Å². The molecule has 0 aliphatic heterocycles. The van der Waals surface area contributed by atoms with Gasteiger partial charge in [-0.15, -0.1) is 11.3 Å². The third kappa shape index (κ3) is 1.21. The van der Waals surface area contributed by atoms with Crippen LogP contribution in [-0.4, -0.2) is 0 Å². The highest BCUT2D eigenvalue weighted by atomic mass is 35.5. The number of halogens is 1. The second-order valence-electron chi connectivity index (χ2n) is 3.52. The quantitative estimate of drug-likeness (QED) is 0.625. The first-order chi connectivity index (χ1) is 5.21. The molecule has 0 atom stereocenters. The van der Waals surface area contributed by atoms with E-state index < -0.39 is 0 Å². The van der Waals surface area contributed by atoms with E-state index in [9.17, 15) is 0 Å². The molecule has 0 unspecified atom stereocenters.